The van der Waals surface area contributed by atoms with Gasteiger partial charge in [0.25, 0.3) is 0 Å². The first-order valence-corrected chi connectivity index (χ1v) is 6.85. The van der Waals surface area contributed by atoms with Crippen molar-refractivity contribution in [3.05, 3.63) is 0 Å². The van der Waals surface area contributed by atoms with Gasteiger partial charge >= 0.3 is 6.09 Å². The molecule has 1 rings (SSSR count). The van der Waals surface area contributed by atoms with Crippen LogP contribution in [0.25, 0.3) is 0 Å². The third kappa shape index (κ3) is 4.67. The lowest BCUT2D eigenvalue weighted by atomic mass is 9.95. The molecular weight excluding hydrogens is 230 g/mol. The molecule has 1 fully saturated rings. The monoisotopic (exact) mass is 255 g/mol. The molecule has 0 spiro atoms. The zero-order valence-corrected chi connectivity index (χ0v) is 11.9. The van der Waals surface area contributed by atoms with Crippen molar-refractivity contribution in [3.8, 4) is 0 Å². The Morgan fingerprint density at radius 1 is 1.28 bits per heavy atom. The van der Waals surface area contributed by atoms with Crippen molar-refractivity contribution in [2.75, 3.05) is 0 Å². The molecule has 0 radical (unpaired) electrons. The van der Waals surface area contributed by atoms with Gasteiger partial charge in [-0.25, -0.2) is 4.79 Å². The highest BCUT2D eigenvalue weighted by Gasteiger charge is 2.34. The number of nitrogens with one attached hydrogen (secondary N) is 1. The smallest absolute Gasteiger partial charge is 0.407 e. The van der Waals surface area contributed by atoms with Gasteiger partial charge in [-0.1, -0.05) is 13.3 Å². The Kier molecular flexibility index (Phi) is 5.17. The van der Waals surface area contributed by atoms with Crippen LogP contribution >= 0.6 is 0 Å². The van der Waals surface area contributed by atoms with E-state index in [1.54, 1.807) is 0 Å². The molecule has 1 aliphatic carbocycles. The fourth-order valence-electron chi connectivity index (χ4n) is 2.41. The van der Waals surface area contributed by atoms with Crippen LogP contribution in [0, 0.1) is 5.92 Å². The number of alkyl carbamates (subject to hydrolysis) is 1. The van der Waals surface area contributed by atoms with Crippen LogP contribution in [0.3, 0.4) is 0 Å². The number of ether oxygens (including phenoxy) is 1. The standard InChI is InChI=1S/C14H25NO3/c1-5-7-12(16)10-8-6-9-11(10)15-13(17)18-14(2,3)4/h10-11H,5-9H2,1-4H3,(H,15,17). The lowest BCUT2D eigenvalue weighted by molar-refractivity contribution is -0.123. The van der Waals surface area contributed by atoms with E-state index in [0.29, 0.717) is 6.42 Å². The summed E-state index contributed by atoms with van der Waals surface area (Å²) in [5.41, 5.74) is -0.494. The van der Waals surface area contributed by atoms with Gasteiger partial charge in [0.2, 0.25) is 0 Å². The molecule has 4 nitrogen and oxygen atoms in total. The zero-order valence-electron chi connectivity index (χ0n) is 11.9. The number of ketones is 1. The largest absolute Gasteiger partial charge is 0.444 e. The van der Waals surface area contributed by atoms with Gasteiger partial charge in [0.1, 0.15) is 11.4 Å². The summed E-state index contributed by atoms with van der Waals surface area (Å²) in [5, 5.41) is 2.84. The minimum atomic E-state index is -0.494. The first-order chi connectivity index (χ1) is 8.33. The van der Waals surface area contributed by atoms with Gasteiger partial charge in [0.05, 0.1) is 0 Å². The SMILES string of the molecule is CCCC(=O)C1CCCC1NC(=O)OC(C)(C)C. The van der Waals surface area contributed by atoms with Crippen LogP contribution in [-0.4, -0.2) is 23.5 Å². The third-order valence-electron chi connectivity index (χ3n) is 3.13. The molecule has 0 aromatic heterocycles. The number of hydrogen-bond donors (Lipinski definition) is 1. The molecule has 0 aromatic rings. The van der Waals surface area contributed by atoms with E-state index in [4.69, 9.17) is 4.74 Å². The Bertz CT molecular complexity index is 307. The third-order valence-corrected chi connectivity index (χ3v) is 3.13. The summed E-state index contributed by atoms with van der Waals surface area (Å²) in [7, 11) is 0. The first kappa shape index (κ1) is 15.0. The van der Waals surface area contributed by atoms with Crippen LogP contribution in [0.5, 0.6) is 0 Å². The van der Waals surface area contributed by atoms with Gasteiger partial charge in [0.15, 0.2) is 0 Å². The number of carbonyl (C=O) groups excluding carboxylic acids is 2. The Hall–Kier alpha value is -1.06. The number of Topliss-reactive ketones (excluding diaryl/α,β-unsaturated/α-hetero) is 1. The molecule has 1 aliphatic rings. The van der Waals surface area contributed by atoms with E-state index in [9.17, 15) is 9.59 Å². The van der Waals surface area contributed by atoms with Gasteiger partial charge in [-0.3, -0.25) is 4.79 Å². The molecule has 4 heteroatoms. The van der Waals surface area contributed by atoms with Crippen LogP contribution in [-0.2, 0) is 9.53 Å². The van der Waals surface area contributed by atoms with Crippen LogP contribution in [0.2, 0.25) is 0 Å². The van der Waals surface area contributed by atoms with Gasteiger partial charge in [-0.2, -0.15) is 0 Å². The van der Waals surface area contributed by atoms with Crippen molar-refractivity contribution < 1.29 is 14.3 Å². The second-order valence-electron chi connectivity index (χ2n) is 6.01. The lowest BCUT2D eigenvalue weighted by Gasteiger charge is -2.24. The number of carbonyl (C=O) groups is 2. The molecule has 0 heterocycles. The molecule has 2 unspecified atom stereocenters. The molecule has 0 bridgehead atoms. The van der Waals surface area contributed by atoms with Crippen LogP contribution in [0.1, 0.15) is 59.8 Å². The first-order valence-electron chi connectivity index (χ1n) is 6.85. The molecule has 0 aromatic carbocycles. The number of rotatable bonds is 4. The van der Waals surface area contributed by atoms with Crippen molar-refractivity contribution in [2.45, 2.75) is 71.4 Å². The van der Waals surface area contributed by atoms with Crippen molar-refractivity contribution in [1.82, 2.24) is 5.32 Å². The molecule has 18 heavy (non-hydrogen) atoms. The maximum Gasteiger partial charge on any atom is 0.407 e. The summed E-state index contributed by atoms with van der Waals surface area (Å²) in [6, 6.07) is -0.0427. The Morgan fingerprint density at radius 2 is 1.94 bits per heavy atom. The molecule has 1 N–H and O–H groups in total. The topological polar surface area (TPSA) is 55.4 Å². The predicted molar refractivity (Wildman–Crippen MR) is 70.4 cm³/mol. The second-order valence-corrected chi connectivity index (χ2v) is 6.01. The Morgan fingerprint density at radius 3 is 2.50 bits per heavy atom. The molecule has 1 saturated carbocycles. The van der Waals surface area contributed by atoms with E-state index in [1.807, 2.05) is 27.7 Å². The molecule has 2 atom stereocenters. The maximum atomic E-state index is 11.9. The summed E-state index contributed by atoms with van der Waals surface area (Å²) < 4.78 is 5.23. The van der Waals surface area contributed by atoms with E-state index >= 15 is 0 Å². The second kappa shape index (κ2) is 6.21. The Balaban J connectivity index is 2.50. The molecule has 104 valence electrons. The highest BCUT2D eigenvalue weighted by Crippen LogP contribution is 2.28. The molecule has 0 aliphatic heterocycles. The van der Waals surface area contributed by atoms with E-state index in [2.05, 4.69) is 5.32 Å². The summed E-state index contributed by atoms with van der Waals surface area (Å²) in [5.74, 6) is 0.258. The molecular formula is C14H25NO3. The quantitative estimate of drug-likeness (QED) is 0.840. The minimum absolute atomic E-state index is 0.0162. The molecule has 1 amide bonds. The van der Waals surface area contributed by atoms with Gasteiger partial charge in [-0.05, 0) is 40.0 Å². The average Bonchev–Trinajstić information content (AvgIpc) is 2.62. The van der Waals surface area contributed by atoms with E-state index in [1.165, 1.54) is 0 Å². The lowest BCUT2D eigenvalue weighted by Crippen LogP contribution is -2.42. The van der Waals surface area contributed by atoms with Crippen molar-refractivity contribution in [3.63, 3.8) is 0 Å². The van der Waals surface area contributed by atoms with Gasteiger partial charge in [0, 0.05) is 18.4 Å². The van der Waals surface area contributed by atoms with Gasteiger partial charge in [-0.15, -0.1) is 0 Å². The van der Waals surface area contributed by atoms with E-state index in [-0.39, 0.29) is 17.7 Å². The number of amides is 1. The zero-order chi connectivity index (χ0) is 13.8. The normalized spacial score (nSPS) is 23.8. The van der Waals surface area contributed by atoms with Crippen LogP contribution in [0.4, 0.5) is 4.79 Å². The minimum Gasteiger partial charge on any atom is -0.444 e. The van der Waals surface area contributed by atoms with Crippen molar-refractivity contribution in [2.24, 2.45) is 5.92 Å². The van der Waals surface area contributed by atoms with E-state index in [0.717, 1.165) is 25.7 Å². The maximum absolute atomic E-state index is 11.9. The highest BCUT2D eigenvalue weighted by atomic mass is 16.6. The fourth-order valence-corrected chi connectivity index (χ4v) is 2.41. The fraction of sp³-hybridized carbons (Fsp3) is 0.857. The number of hydrogen-bond acceptors (Lipinski definition) is 3. The molecule has 0 saturated heterocycles. The van der Waals surface area contributed by atoms with E-state index < -0.39 is 11.7 Å². The summed E-state index contributed by atoms with van der Waals surface area (Å²) in [6.07, 6.45) is 3.83. The predicted octanol–water partition coefficient (Wildman–Crippen LogP) is 3.05. The summed E-state index contributed by atoms with van der Waals surface area (Å²) in [6.45, 7) is 7.51. The van der Waals surface area contributed by atoms with Crippen LogP contribution < -0.4 is 5.32 Å². The van der Waals surface area contributed by atoms with Gasteiger partial charge < -0.3 is 10.1 Å². The summed E-state index contributed by atoms with van der Waals surface area (Å²) in [4.78, 5) is 23.6. The van der Waals surface area contributed by atoms with Crippen molar-refractivity contribution >= 4 is 11.9 Å². The van der Waals surface area contributed by atoms with Crippen molar-refractivity contribution in [1.29, 1.82) is 0 Å². The Labute approximate surface area is 109 Å². The van der Waals surface area contributed by atoms with Crippen LogP contribution in [0.15, 0.2) is 0 Å². The average molecular weight is 255 g/mol. The summed E-state index contributed by atoms with van der Waals surface area (Å²) >= 11 is 0. The highest BCUT2D eigenvalue weighted by molar-refractivity contribution is 5.82.